The number of carbonyl (C=O) groups is 1. The van der Waals surface area contributed by atoms with Crippen LogP contribution in [0, 0.1) is 6.92 Å². The number of aromatic nitrogens is 1. The predicted octanol–water partition coefficient (Wildman–Crippen LogP) is 3.70. The number of pyridine rings is 1. The molecule has 0 radical (unpaired) electrons. The normalized spacial score (nSPS) is 20.5. The molecule has 1 aliphatic rings. The van der Waals surface area contributed by atoms with Crippen molar-refractivity contribution >= 4 is 17.2 Å². The molecule has 8 heteroatoms. The van der Waals surface area contributed by atoms with Gasteiger partial charge in [0.05, 0.1) is 6.04 Å². The molecule has 1 aliphatic heterocycles. The molecule has 5 nitrogen and oxygen atoms in total. The van der Waals surface area contributed by atoms with E-state index in [0.29, 0.717) is 6.61 Å². The van der Waals surface area contributed by atoms with Gasteiger partial charge in [0.1, 0.15) is 16.7 Å². The van der Waals surface area contributed by atoms with Crippen LogP contribution >= 0.6 is 11.3 Å². The van der Waals surface area contributed by atoms with E-state index >= 15 is 0 Å². The Morgan fingerprint density at radius 2 is 2.20 bits per heavy atom. The third-order valence-electron chi connectivity index (χ3n) is 3.92. The van der Waals surface area contributed by atoms with Crippen LogP contribution in [0.1, 0.15) is 39.1 Å². The molecule has 1 fully saturated rings. The molecule has 2 aromatic heterocycles. The minimum atomic E-state index is -2.97. The highest BCUT2D eigenvalue weighted by molar-refractivity contribution is 7.14. The molecule has 0 aliphatic carbocycles. The van der Waals surface area contributed by atoms with Gasteiger partial charge in [0.2, 0.25) is 0 Å². The molecular formula is C17H18F2N2O3S. The quantitative estimate of drug-likeness (QED) is 0.874. The minimum absolute atomic E-state index is 0.0906. The van der Waals surface area contributed by atoms with Crippen LogP contribution in [-0.4, -0.2) is 30.2 Å². The summed E-state index contributed by atoms with van der Waals surface area (Å²) in [5.74, 6) is -0.518. The fraction of sp³-hybridized carbons (Fsp3) is 0.412. The second-order valence-corrected chi connectivity index (χ2v) is 6.98. The van der Waals surface area contributed by atoms with Gasteiger partial charge >= 0.3 is 6.61 Å². The van der Waals surface area contributed by atoms with Crippen molar-refractivity contribution in [2.75, 3.05) is 6.61 Å². The molecular weight excluding hydrogens is 350 g/mol. The summed E-state index contributed by atoms with van der Waals surface area (Å²) < 4.78 is 35.4. The third-order valence-corrected chi connectivity index (χ3v) is 4.95. The van der Waals surface area contributed by atoms with E-state index in [1.165, 1.54) is 6.07 Å². The average Bonchev–Trinajstić information content (AvgIpc) is 2.96. The van der Waals surface area contributed by atoms with Crippen LogP contribution in [0.25, 0.3) is 0 Å². The van der Waals surface area contributed by atoms with Crippen molar-refractivity contribution < 1.29 is 23.0 Å². The lowest BCUT2D eigenvalue weighted by atomic mass is 9.96. The van der Waals surface area contributed by atoms with Crippen molar-refractivity contribution in [1.29, 1.82) is 0 Å². The highest BCUT2D eigenvalue weighted by Crippen LogP contribution is 2.32. The van der Waals surface area contributed by atoms with Gasteiger partial charge < -0.3 is 14.8 Å². The van der Waals surface area contributed by atoms with Crippen LogP contribution in [-0.2, 0) is 4.74 Å². The Morgan fingerprint density at radius 1 is 1.44 bits per heavy atom. The number of carbonyl (C=O) groups excluding carboxylic acids is 1. The van der Waals surface area contributed by atoms with Crippen molar-refractivity contribution in [2.24, 2.45) is 0 Å². The van der Waals surface area contributed by atoms with E-state index in [2.05, 4.69) is 15.0 Å². The molecule has 2 aromatic rings. The smallest absolute Gasteiger partial charge is 0.387 e. The molecule has 1 saturated heterocycles. The maximum absolute atomic E-state index is 12.6. The number of nitrogens with one attached hydrogen (secondary N) is 1. The second-order valence-electron chi connectivity index (χ2n) is 5.72. The standard InChI is InChI=1S/C17H18F2N2O3S/c1-10-9-13(24-17(18)19)15(25-10)16(22)21-12-3-2-8-23-14(12)11-4-6-20-7-5-11/h4-7,9,12,14,17H,2-3,8H2,1H3,(H,21,22)/t12-,14+/m0/s1. The number of rotatable bonds is 5. The summed E-state index contributed by atoms with van der Waals surface area (Å²) >= 11 is 1.13. The van der Waals surface area contributed by atoms with Crippen molar-refractivity contribution in [3.8, 4) is 5.75 Å². The van der Waals surface area contributed by atoms with Gasteiger partial charge in [0.15, 0.2) is 0 Å². The highest BCUT2D eigenvalue weighted by atomic mass is 32.1. The number of aryl methyl sites for hydroxylation is 1. The van der Waals surface area contributed by atoms with E-state index < -0.39 is 12.5 Å². The number of amides is 1. The molecule has 0 saturated carbocycles. The van der Waals surface area contributed by atoms with Crippen molar-refractivity contribution in [3.63, 3.8) is 0 Å². The number of hydrogen-bond donors (Lipinski definition) is 1. The Hall–Kier alpha value is -2.06. The summed E-state index contributed by atoms with van der Waals surface area (Å²) in [5, 5.41) is 2.91. The van der Waals surface area contributed by atoms with Gasteiger partial charge in [-0.1, -0.05) is 0 Å². The number of hydrogen-bond acceptors (Lipinski definition) is 5. The van der Waals surface area contributed by atoms with E-state index in [-0.39, 0.29) is 22.8 Å². The van der Waals surface area contributed by atoms with Gasteiger partial charge in [-0.15, -0.1) is 11.3 Å². The molecule has 3 rings (SSSR count). The molecule has 3 heterocycles. The molecule has 0 aromatic carbocycles. The molecule has 0 spiro atoms. The van der Waals surface area contributed by atoms with E-state index in [9.17, 15) is 13.6 Å². The van der Waals surface area contributed by atoms with E-state index in [4.69, 9.17) is 4.74 Å². The van der Waals surface area contributed by atoms with Crippen LogP contribution in [0.5, 0.6) is 5.75 Å². The first-order valence-corrected chi connectivity index (χ1v) is 8.74. The lowest BCUT2D eigenvalue weighted by Gasteiger charge is -2.32. The summed E-state index contributed by atoms with van der Waals surface area (Å²) in [6.07, 6.45) is 4.61. The maximum Gasteiger partial charge on any atom is 0.387 e. The zero-order valence-electron chi connectivity index (χ0n) is 13.6. The zero-order valence-corrected chi connectivity index (χ0v) is 14.4. The first-order chi connectivity index (χ1) is 12.0. The Labute approximate surface area is 148 Å². The molecule has 134 valence electrons. The lowest BCUT2D eigenvalue weighted by Crippen LogP contribution is -2.42. The number of alkyl halides is 2. The summed E-state index contributed by atoms with van der Waals surface area (Å²) in [6, 6.07) is 4.89. The second kappa shape index (κ2) is 7.88. The lowest BCUT2D eigenvalue weighted by molar-refractivity contribution is -0.0499. The number of thiophene rings is 1. The van der Waals surface area contributed by atoms with Crippen LogP contribution < -0.4 is 10.1 Å². The first-order valence-electron chi connectivity index (χ1n) is 7.92. The Bertz CT molecular complexity index is 724. The summed E-state index contributed by atoms with van der Waals surface area (Å²) in [7, 11) is 0. The topological polar surface area (TPSA) is 60.5 Å². The SMILES string of the molecule is Cc1cc(OC(F)F)c(C(=O)N[C@H]2CCCO[C@@H]2c2ccncc2)s1. The minimum Gasteiger partial charge on any atom is -0.433 e. The van der Waals surface area contributed by atoms with Gasteiger partial charge in [-0.25, -0.2) is 0 Å². The van der Waals surface area contributed by atoms with Crippen molar-refractivity contribution in [3.05, 3.63) is 45.9 Å². The maximum atomic E-state index is 12.6. The van der Waals surface area contributed by atoms with Crippen LogP contribution in [0.15, 0.2) is 30.6 Å². The van der Waals surface area contributed by atoms with E-state index in [1.807, 2.05) is 12.1 Å². The fourth-order valence-electron chi connectivity index (χ4n) is 2.88. The molecule has 1 amide bonds. The van der Waals surface area contributed by atoms with Gasteiger partial charge in [0.25, 0.3) is 5.91 Å². The summed E-state index contributed by atoms with van der Waals surface area (Å²) in [5.41, 5.74) is 0.923. The molecule has 25 heavy (non-hydrogen) atoms. The zero-order chi connectivity index (χ0) is 17.8. The fourth-order valence-corrected chi connectivity index (χ4v) is 3.72. The average molecular weight is 368 g/mol. The Kier molecular flexibility index (Phi) is 5.60. The largest absolute Gasteiger partial charge is 0.433 e. The molecule has 1 N–H and O–H groups in total. The van der Waals surface area contributed by atoms with Crippen molar-refractivity contribution in [2.45, 2.75) is 38.5 Å². The van der Waals surface area contributed by atoms with Crippen LogP contribution in [0.4, 0.5) is 8.78 Å². The molecule has 0 unspecified atom stereocenters. The highest BCUT2D eigenvalue weighted by Gasteiger charge is 2.30. The summed E-state index contributed by atoms with van der Waals surface area (Å²) in [6.45, 7) is -0.622. The van der Waals surface area contributed by atoms with E-state index in [1.54, 1.807) is 19.3 Å². The summed E-state index contributed by atoms with van der Waals surface area (Å²) in [4.78, 5) is 17.5. The third kappa shape index (κ3) is 4.32. The molecule has 0 bridgehead atoms. The number of halogens is 2. The molecule has 2 atom stereocenters. The van der Waals surface area contributed by atoms with E-state index in [0.717, 1.165) is 34.6 Å². The predicted molar refractivity (Wildman–Crippen MR) is 89.1 cm³/mol. The number of ether oxygens (including phenoxy) is 2. The first kappa shape index (κ1) is 17.8. The van der Waals surface area contributed by atoms with Crippen molar-refractivity contribution in [1.82, 2.24) is 10.3 Å². The Morgan fingerprint density at radius 3 is 2.92 bits per heavy atom. The monoisotopic (exact) mass is 368 g/mol. The van der Waals surface area contributed by atoms with Gasteiger partial charge in [-0.05, 0) is 43.5 Å². The Balaban J connectivity index is 1.77. The van der Waals surface area contributed by atoms with Gasteiger partial charge in [-0.3, -0.25) is 9.78 Å². The van der Waals surface area contributed by atoms with Crippen LogP contribution in [0.2, 0.25) is 0 Å². The van der Waals surface area contributed by atoms with Crippen LogP contribution in [0.3, 0.4) is 0 Å². The number of nitrogens with zero attached hydrogens (tertiary/aromatic N) is 1. The van der Waals surface area contributed by atoms with Gasteiger partial charge in [0, 0.05) is 23.9 Å². The van der Waals surface area contributed by atoms with Gasteiger partial charge in [-0.2, -0.15) is 8.78 Å².